The van der Waals surface area contributed by atoms with E-state index in [0.717, 1.165) is 21.2 Å². The minimum Gasteiger partial charge on any atom is -0.493 e. The minimum absolute atomic E-state index is 0.0378. The van der Waals surface area contributed by atoms with Gasteiger partial charge in [0, 0.05) is 24.0 Å². The van der Waals surface area contributed by atoms with Gasteiger partial charge in [-0.25, -0.2) is 9.37 Å². The van der Waals surface area contributed by atoms with Crippen molar-refractivity contribution in [1.29, 1.82) is 0 Å². The van der Waals surface area contributed by atoms with Gasteiger partial charge in [-0.2, -0.15) is 0 Å². The van der Waals surface area contributed by atoms with Crippen molar-refractivity contribution in [3.8, 4) is 22.8 Å². The highest BCUT2D eigenvalue weighted by molar-refractivity contribution is 8.01. The van der Waals surface area contributed by atoms with E-state index in [9.17, 15) is 9.18 Å². The second kappa shape index (κ2) is 10.4. The number of rotatable bonds is 9. The van der Waals surface area contributed by atoms with Crippen LogP contribution in [-0.4, -0.2) is 42.3 Å². The molecule has 1 amide bonds. The third-order valence-corrected chi connectivity index (χ3v) is 6.50. The lowest BCUT2D eigenvalue weighted by Gasteiger charge is -2.21. The van der Waals surface area contributed by atoms with E-state index in [1.165, 1.54) is 35.2 Å². The first kappa shape index (κ1) is 22.1. The second-order valence-electron chi connectivity index (χ2n) is 6.39. The van der Waals surface area contributed by atoms with Crippen LogP contribution in [0.25, 0.3) is 11.3 Å². The zero-order valence-corrected chi connectivity index (χ0v) is 18.7. The third-order valence-electron chi connectivity index (χ3n) is 4.50. The smallest absolute Gasteiger partial charge is 0.233 e. The Morgan fingerprint density at radius 1 is 1.13 bits per heavy atom. The van der Waals surface area contributed by atoms with E-state index in [2.05, 4.69) is 4.98 Å². The summed E-state index contributed by atoms with van der Waals surface area (Å²) in [4.78, 5) is 19.1. The highest BCUT2D eigenvalue weighted by Crippen LogP contribution is 2.30. The van der Waals surface area contributed by atoms with Crippen LogP contribution in [0.15, 0.2) is 52.2 Å². The molecule has 1 aromatic heterocycles. The van der Waals surface area contributed by atoms with Gasteiger partial charge in [-0.15, -0.1) is 11.3 Å². The first-order chi connectivity index (χ1) is 14.5. The molecule has 3 rings (SSSR count). The summed E-state index contributed by atoms with van der Waals surface area (Å²) in [7, 11) is 3.19. The molecule has 1 heterocycles. The first-order valence-corrected chi connectivity index (χ1v) is 11.2. The molecule has 0 aliphatic heterocycles. The molecule has 0 N–H and O–H groups in total. The van der Waals surface area contributed by atoms with Crippen LogP contribution in [0.5, 0.6) is 11.5 Å². The zero-order valence-electron chi connectivity index (χ0n) is 17.1. The van der Waals surface area contributed by atoms with Gasteiger partial charge >= 0.3 is 0 Å². The molecule has 0 aliphatic carbocycles. The molecule has 2 aromatic carbocycles. The lowest BCUT2D eigenvalue weighted by atomic mass is 10.2. The molecular weight excluding hydrogens is 423 g/mol. The molecule has 0 aliphatic rings. The number of ether oxygens (including phenoxy) is 2. The standard InChI is InChI=1S/C22H23FN2O3S2/c1-4-25(12-15-5-10-19(27-2)20(11-15)28-3)21(26)14-30-22-24-18(13-29-22)16-6-8-17(23)9-7-16/h5-11,13H,4,12,14H2,1-3H3. The molecule has 158 valence electrons. The second-order valence-corrected chi connectivity index (χ2v) is 8.47. The molecule has 0 radical (unpaired) electrons. The zero-order chi connectivity index (χ0) is 21.5. The summed E-state index contributed by atoms with van der Waals surface area (Å²) in [6.07, 6.45) is 0. The molecule has 0 fully saturated rings. The monoisotopic (exact) mass is 446 g/mol. The molecule has 0 bridgehead atoms. The van der Waals surface area contributed by atoms with Crippen molar-refractivity contribution in [1.82, 2.24) is 9.88 Å². The maximum Gasteiger partial charge on any atom is 0.233 e. The Balaban J connectivity index is 1.60. The predicted molar refractivity (Wildman–Crippen MR) is 119 cm³/mol. The van der Waals surface area contributed by atoms with Crippen LogP contribution in [0.3, 0.4) is 0 Å². The molecule has 0 saturated heterocycles. The Morgan fingerprint density at radius 2 is 1.87 bits per heavy atom. The highest BCUT2D eigenvalue weighted by Gasteiger charge is 2.15. The molecule has 0 spiro atoms. The average molecular weight is 447 g/mol. The Kier molecular flexibility index (Phi) is 7.70. The van der Waals surface area contributed by atoms with E-state index in [0.29, 0.717) is 30.3 Å². The van der Waals surface area contributed by atoms with Crippen LogP contribution >= 0.6 is 23.1 Å². The van der Waals surface area contributed by atoms with Gasteiger partial charge in [0.25, 0.3) is 0 Å². The van der Waals surface area contributed by atoms with Crippen LogP contribution in [0, 0.1) is 5.82 Å². The molecule has 3 aromatic rings. The number of benzene rings is 2. The maximum atomic E-state index is 13.1. The quantitative estimate of drug-likeness (QED) is 0.428. The van der Waals surface area contributed by atoms with E-state index < -0.39 is 0 Å². The maximum absolute atomic E-state index is 13.1. The number of hydrogen-bond donors (Lipinski definition) is 0. The number of halogens is 1. The van der Waals surface area contributed by atoms with Crippen LogP contribution in [0.2, 0.25) is 0 Å². The lowest BCUT2D eigenvalue weighted by Crippen LogP contribution is -2.31. The number of carbonyl (C=O) groups excluding carboxylic acids is 1. The van der Waals surface area contributed by atoms with E-state index in [4.69, 9.17) is 9.47 Å². The molecular formula is C22H23FN2O3S2. The van der Waals surface area contributed by atoms with Gasteiger partial charge in [0.2, 0.25) is 5.91 Å². The largest absolute Gasteiger partial charge is 0.493 e. The average Bonchev–Trinajstić information content (AvgIpc) is 3.25. The molecule has 5 nitrogen and oxygen atoms in total. The van der Waals surface area contributed by atoms with Crippen LogP contribution in [-0.2, 0) is 11.3 Å². The normalized spacial score (nSPS) is 10.7. The van der Waals surface area contributed by atoms with Crippen LogP contribution in [0.4, 0.5) is 4.39 Å². The number of aromatic nitrogens is 1. The fourth-order valence-electron chi connectivity index (χ4n) is 2.87. The summed E-state index contributed by atoms with van der Waals surface area (Å²) in [6, 6.07) is 11.9. The van der Waals surface area contributed by atoms with Gasteiger partial charge in [-0.3, -0.25) is 4.79 Å². The van der Waals surface area contributed by atoms with E-state index in [-0.39, 0.29) is 11.7 Å². The molecule has 0 atom stereocenters. The van der Waals surface area contributed by atoms with Crippen LogP contribution in [0.1, 0.15) is 12.5 Å². The fraction of sp³-hybridized carbons (Fsp3) is 0.273. The number of nitrogens with zero attached hydrogens (tertiary/aromatic N) is 2. The van der Waals surface area contributed by atoms with Gasteiger partial charge < -0.3 is 14.4 Å². The molecule has 8 heteroatoms. The molecule has 0 unspecified atom stereocenters. The molecule has 30 heavy (non-hydrogen) atoms. The minimum atomic E-state index is -0.275. The SMILES string of the molecule is CCN(Cc1ccc(OC)c(OC)c1)C(=O)CSc1nc(-c2ccc(F)cc2)cs1. The predicted octanol–water partition coefficient (Wildman–Crippen LogP) is 5.11. The van der Waals surface area contributed by atoms with Crippen molar-refractivity contribution in [2.45, 2.75) is 17.8 Å². The number of methoxy groups -OCH3 is 2. The van der Waals surface area contributed by atoms with Crippen molar-refractivity contribution in [3.63, 3.8) is 0 Å². The van der Waals surface area contributed by atoms with Crippen molar-refractivity contribution < 1.29 is 18.7 Å². The van der Waals surface area contributed by atoms with Gasteiger partial charge in [-0.1, -0.05) is 17.8 Å². The highest BCUT2D eigenvalue weighted by atomic mass is 32.2. The summed E-state index contributed by atoms with van der Waals surface area (Å²) in [6.45, 7) is 3.06. The third kappa shape index (κ3) is 5.52. The Labute approximate surface area is 183 Å². The summed E-state index contributed by atoms with van der Waals surface area (Å²) in [5.74, 6) is 1.37. The van der Waals surface area contributed by atoms with Gasteiger partial charge in [0.15, 0.2) is 15.8 Å². The topological polar surface area (TPSA) is 51.7 Å². The number of thioether (sulfide) groups is 1. The van der Waals surface area contributed by atoms with Crippen molar-refractivity contribution in [2.24, 2.45) is 0 Å². The van der Waals surface area contributed by atoms with Crippen LogP contribution < -0.4 is 9.47 Å². The van der Waals surface area contributed by atoms with Gasteiger partial charge in [-0.05, 0) is 48.9 Å². The van der Waals surface area contributed by atoms with Crippen molar-refractivity contribution in [2.75, 3.05) is 26.5 Å². The fourth-order valence-corrected chi connectivity index (χ4v) is 4.61. The van der Waals surface area contributed by atoms with E-state index >= 15 is 0 Å². The van der Waals surface area contributed by atoms with Crippen molar-refractivity contribution in [3.05, 3.63) is 59.2 Å². The van der Waals surface area contributed by atoms with Crippen molar-refractivity contribution >= 4 is 29.0 Å². The van der Waals surface area contributed by atoms with Gasteiger partial charge in [0.1, 0.15) is 5.82 Å². The number of hydrogen-bond acceptors (Lipinski definition) is 6. The first-order valence-electron chi connectivity index (χ1n) is 9.37. The summed E-state index contributed by atoms with van der Waals surface area (Å²) < 4.78 is 24.5. The Bertz CT molecular complexity index is 992. The summed E-state index contributed by atoms with van der Waals surface area (Å²) in [5, 5.41) is 1.92. The molecule has 0 saturated carbocycles. The number of carbonyl (C=O) groups is 1. The van der Waals surface area contributed by atoms with E-state index in [1.807, 2.05) is 30.5 Å². The Morgan fingerprint density at radius 3 is 2.53 bits per heavy atom. The Hall–Kier alpha value is -2.58. The lowest BCUT2D eigenvalue weighted by molar-refractivity contribution is -0.128. The number of thiazole rings is 1. The summed E-state index contributed by atoms with van der Waals surface area (Å²) in [5.41, 5.74) is 2.61. The number of amides is 1. The van der Waals surface area contributed by atoms with E-state index in [1.54, 1.807) is 31.3 Å². The summed E-state index contributed by atoms with van der Waals surface area (Å²) >= 11 is 2.89. The van der Waals surface area contributed by atoms with Gasteiger partial charge in [0.05, 0.1) is 25.7 Å².